The van der Waals surface area contributed by atoms with E-state index < -0.39 is 16.6 Å². The van der Waals surface area contributed by atoms with Crippen molar-refractivity contribution >= 4 is 35.4 Å². The van der Waals surface area contributed by atoms with Crippen molar-refractivity contribution in [2.75, 3.05) is 12.8 Å². The maximum absolute atomic E-state index is 12.5. The van der Waals surface area contributed by atoms with Crippen molar-refractivity contribution in [3.63, 3.8) is 0 Å². The van der Waals surface area contributed by atoms with Crippen molar-refractivity contribution in [3.05, 3.63) is 61.5 Å². The van der Waals surface area contributed by atoms with Crippen molar-refractivity contribution in [2.24, 2.45) is 5.10 Å². The third kappa shape index (κ3) is 4.56. The van der Waals surface area contributed by atoms with Gasteiger partial charge in [-0.15, -0.1) is 5.10 Å². The highest BCUT2D eigenvalue weighted by Crippen LogP contribution is 2.28. The summed E-state index contributed by atoms with van der Waals surface area (Å²) in [7, 11) is 1.50. The topological polar surface area (TPSA) is 207 Å². The second kappa shape index (κ2) is 9.79. The molecule has 0 radical (unpaired) electrons. The fourth-order valence-corrected chi connectivity index (χ4v) is 3.44. The van der Waals surface area contributed by atoms with Crippen molar-refractivity contribution in [3.8, 4) is 11.6 Å². The molecule has 4 rings (SSSR count). The number of ether oxygens (including phenoxy) is 1. The van der Waals surface area contributed by atoms with E-state index in [0.717, 1.165) is 0 Å². The Hall–Kier alpha value is -4.86. The number of hydrazone groups is 1. The molecule has 3 N–H and O–H groups in total. The molecule has 1 amide bonds. The fourth-order valence-electron chi connectivity index (χ4n) is 3.24. The molecule has 1 aromatic carbocycles. The lowest BCUT2D eigenvalue weighted by Gasteiger charge is -2.09. The van der Waals surface area contributed by atoms with Crippen LogP contribution in [0, 0.1) is 24.0 Å². The van der Waals surface area contributed by atoms with Crippen molar-refractivity contribution in [1.29, 1.82) is 0 Å². The van der Waals surface area contributed by atoms with Gasteiger partial charge in [0.2, 0.25) is 11.6 Å². The Kier molecular flexibility index (Phi) is 6.60. The average Bonchev–Trinajstić information content (AvgIpc) is 3.52. The Morgan fingerprint density at radius 1 is 1.36 bits per heavy atom. The van der Waals surface area contributed by atoms with Gasteiger partial charge in [-0.1, -0.05) is 16.8 Å². The van der Waals surface area contributed by atoms with Gasteiger partial charge < -0.3 is 20.6 Å². The van der Waals surface area contributed by atoms with Gasteiger partial charge in [0.25, 0.3) is 5.91 Å². The third-order valence-corrected chi connectivity index (χ3v) is 5.54. The molecule has 186 valence electrons. The van der Waals surface area contributed by atoms with Gasteiger partial charge in [0.15, 0.2) is 10.7 Å². The molecule has 36 heavy (non-hydrogen) atoms. The molecule has 16 nitrogen and oxygen atoms in total. The van der Waals surface area contributed by atoms with Gasteiger partial charge in [-0.2, -0.15) is 14.5 Å². The summed E-state index contributed by atoms with van der Waals surface area (Å²) in [6.07, 6.45) is 1.41. The first-order valence-electron chi connectivity index (χ1n) is 10.1. The van der Waals surface area contributed by atoms with Gasteiger partial charge in [-0.25, -0.2) is 10.1 Å². The molecule has 0 aliphatic rings. The summed E-state index contributed by atoms with van der Waals surface area (Å²) < 4.78 is 12.5. The monoisotopic (exact) mass is 515 g/mol. The Balaban J connectivity index is 1.51. The highest BCUT2D eigenvalue weighted by molar-refractivity contribution is 6.33. The first kappa shape index (κ1) is 24.3. The zero-order valence-electron chi connectivity index (χ0n) is 19.0. The van der Waals surface area contributed by atoms with Gasteiger partial charge in [0, 0.05) is 5.56 Å². The Morgan fingerprint density at radius 2 is 2.14 bits per heavy atom. The molecule has 0 atom stereocenters. The number of hydrogen-bond acceptors (Lipinski definition) is 12. The number of methoxy groups -OCH3 is 1. The molecule has 0 spiro atoms. The number of halogens is 1. The Morgan fingerprint density at radius 3 is 2.78 bits per heavy atom. The van der Waals surface area contributed by atoms with Crippen LogP contribution >= 0.6 is 11.6 Å². The second-order valence-corrected chi connectivity index (χ2v) is 7.69. The predicted octanol–water partition coefficient (Wildman–Crippen LogP) is 1.43. The van der Waals surface area contributed by atoms with E-state index in [0.29, 0.717) is 28.3 Å². The number of anilines is 1. The first-order valence-corrected chi connectivity index (χ1v) is 10.5. The zero-order chi connectivity index (χ0) is 26.0. The summed E-state index contributed by atoms with van der Waals surface area (Å²) in [6, 6.07) is 5.14. The number of nitrogens with one attached hydrogen (secondary N) is 1. The normalized spacial score (nSPS) is 11.2. The Bertz CT molecular complexity index is 1490. The quantitative estimate of drug-likeness (QED) is 0.195. The number of nitrogens with two attached hydrogens (primary N) is 1. The van der Waals surface area contributed by atoms with Crippen LogP contribution in [0.25, 0.3) is 5.82 Å². The van der Waals surface area contributed by atoms with E-state index in [2.05, 4.69) is 40.9 Å². The fraction of sp³-hybridized carbons (Fsp3) is 0.211. The maximum Gasteiger partial charge on any atom is 0.408 e. The molecule has 0 saturated heterocycles. The summed E-state index contributed by atoms with van der Waals surface area (Å²) >= 11 is 6.03. The molecular formula is C19H18ClN11O5. The molecule has 3 heterocycles. The lowest BCUT2D eigenvalue weighted by molar-refractivity contribution is -0.389. The summed E-state index contributed by atoms with van der Waals surface area (Å²) in [5.74, 6) is -0.423. The number of amides is 1. The van der Waals surface area contributed by atoms with Crippen LogP contribution in [0.3, 0.4) is 0 Å². The van der Waals surface area contributed by atoms with Crippen LogP contribution < -0.4 is 15.9 Å². The zero-order valence-corrected chi connectivity index (χ0v) is 19.8. The minimum absolute atomic E-state index is 0.00222. The number of nitrogen functional groups attached to an aromatic ring is 1. The molecule has 0 saturated carbocycles. The van der Waals surface area contributed by atoms with Crippen LogP contribution in [0.4, 0.5) is 11.6 Å². The highest BCUT2D eigenvalue weighted by atomic mass is 35.5. The third-order valence-electron chi connectivity index (χ3n) is 5.10. The van der Waals surface area contributed by atoms with Gasteiger partial charge in [-0.05, 0) is 52.8 Å². The minimum Gasteiger partial charge on any atom is -0.496 e. The number of benzene rings is 1. The van der Waals surface area contributed by atoms with Crippen LogP contribution in [-0.4, -0.2) is 59.2 Å². The lowest BCUT2D eigenvalue weighted by atomic mass is 10.1. The van der Waals surface area contributed by atoms with Gasteiger partial charge in [0.05, 0.1) is 36.4 Å². The molecule has 3 aromatic heterocycles. The number of hydrogen-bond donors (Lipinski definition) is 2. The molecule has 4 aromatic rings. The van der Waals surface area contributed by atoms with Crippen LogP contribution in [0.1, 0.15) is 33.0 Å². The van der Waals surface area contributed by atoms with Crippen molar-refractivity contribution in [2.45, 2.75) is 20.4 Å². The number of nitro groups is 1. The van der Waals surface area contributed by atoms with Crippen LogP contribution in [0.2, 0.25) is 5.02 Å². The van der Waals surface area contributed by atoms with Crippen LogP contribution in [0.5, 0.6) is 5.75 Å². The second-order valence-electron chi connectivity index (χ2n) is 7.32. The van der Waals surface area contributed by atoms with Crippen molar-refractivity contribution < 1.29 is 19.1 Å². The number of carbonyl (C=O) groups is 1. The molecule has 0 bridgehead atoms. The molecular weight excluding hydrogens is 498 g/mol. The summed E-state index contributed by atoms with van der Waals surface area (Å²) in [5.41, 5.74) is 10.1. The summed E-state index contributed by atoms with van der Waals surface area (Å²) in [6.45, 7) is 3.37. The maximum atomic E-state index is 12.5. The number of aromatic nitrogens is 7. The van der Waals surface area contributed by atoms with Gasteiger partial charge >= 0.3 is 5.82 Å². The van der Waals surface area contributed by atoms with E-state index in [1.165, 1.54) is 22.7 Å². The van der Waals surface area contributed by atoms with Crippen LogP contribution in [-0.2, 0) is 6.54 Å². The number of rotatable bonds is 8. The SMILES string of the molecule is COc1ccc(/C=N/NC(=O)c2nnn(-c3nonc3N)c2C)cc1Cn1nc([N+](=O)[O-])c(Cl)c1C. The van der Waals surface area contributed by atoms with E-state index >= 15 is 0 Å². The van der Waals surface area contributed by atoms with Crippen molar-refractivity contribution in [1.82, 2.24) is 40.5 Å². The van der Waals surface area contributed by atoms with Crippen LogP contribution in [0.15, 0.2) is 27.9 Å². The van der Waals surface area contributed by atoms with E-state index in [1.54, 1.807) is 32.0 Å². The predicted molar refractivity (Wildman–Crippen MR) is 124 cm³/mol. The average molecular weight is 516 g/mol. The molecule has 17 heteroatoms. The smallest absolute Gasteiger partial charge is 0.408 e. The molecule has 0 unspecified atom stereocenters. The van der Waals surface area contributed by atoms with E-state index in [4.69, 9.17) is 22.1 Å². The summed E-state index contributed by atoms with van der Waals surface area (Å²) in [4.78, 5) is 23.0. The largest absolute Gasteiger partial charge is 0.496 e. The summed E-state index contributed by atoms with van der Waals surface area (Å²) in [5, 5.41) is 33.8. The lowest BCUT2D eigenvalue weighted by Crippen LogP contribution is -2.19. The molecule has 0 aliphatic carbocycles. The van der Waals surface area contributed by atoms with E-state index in [-0.39, 0.29) is 28.9 Å². The highest BCUT2D eigenvalue weighted by Gasteiger charge is 2.24. The minimum atomic E-state index is -0.646. The van der Waals surface area contributed by atoms with Gasteiger partial charge in [0.1, 0.15) is 5.75 Å². The number of carbonyl (C=O) groups excluding carboxylic acids is 1. The number of nitrogens with zero attached hydrogens (tertiary/aromatic N) is 9. The standard InChI is InChI=1S/C19H18ClN11O5/c1-9-14(20)17(31(33)34)25-29(9)8-12-6-11(4-5-13(12)35-3)7-22-24-19(32)15-10(2)30(28-23-15)18-16(21)26-36-27-18/h4-7H,8H2,1-3H3,(H2,21,26)(H,24,32)/b22-7+. The van der Waals surface area contributed by atoms with Gasteiger partial charge in [-0.3, -0.25) is 4.79 Å². The first-order chi connectivity index (χ1) is 17.2. The van der Waals surface area contributed by atoms with E-state index in [9.17, 15) is 14.9 Å². The molecule has 0 aliphatic heterocycles. The molecule has 0 fully saturated rings. The van der Waals surface area contributed by atoms with E-state index in [1.807, 2.05) is 0 Å². The Labute approximate surface area is 206 Å².